The molecule has 0 saturated heterocycles. The van der Waals surface area contributed by atoms with Crippen LogP contribution in [0.5, 0.6) is 5.75 Å². The minimum absolute atomic E-state index is 0.500. The first-order valence-electron chi connectivity index (χ1n) is 9.06. The molecule has 1 N–H and O–H groups in total. The molecule has 0 saturated carbocycles. The molecule has 0 atom stereocenters. The third-order valence-electron chi connectivity index (χ3n) is 3.98. The van der Waals surface area contributed by atoms with Crippen molar-refractivity contribution in [2.45, 2.75) is 27.7 Å². The Bertz CT molecular complexity index is 931. The first kappa shape index (κ1) is 19.1. The van der Waals surface area contributed by atoms with E-state index < -0.39 is 0 Å². The van der Waals surface area contributed by atoms with Crippen LogP contribution in [0.2, 0.25) is 0 Å². The molecule has 0 bridgehead atoms. The van der Waals surface area contributed by atoms with Crippen LogP contribution in [0.4, 0.5) is 5.13 Å². The van der Waals surface area contributed by atoms with Crippen LogP contribution in [-0.4, -0.2) is 17.8 Å². The standard InChI is InChI=1S/C22H25N3OS/c1-15(2)13-26-19-7-5-6-18(11-19)12-23-25-22-24-21(14-27-22)20-9-8-16(3)10-17(20)4/h5-12,14-15H,13H2,1-4H3,(H,24,25)/b23-12-. The molecule has 0 aliphatic carbocycles. The predicted octanol–water partition coefficient (Wildman–Crippen LogP) is 5.91. The van der Waals surface area contributed by atoms with Gasteiger partial charge in [-0.1, -0.05) is 49.7 Å². The van der Waals surface area contributed by atoms with Crippen LogP contribution >= 0.6 is 11.3 Å². The molecule has 0 aliphatic heterocycles. The molecule has 0 unspecified atom stereocenters. The molecular weight excluding hydrogens is 354 g/mol. The highest BCUT2D eigenvalue weighted by Crippen LogP contribution is 2.28. The minimum atomic E-state index is 0.500. The van der Waals surface area contributed by atoms with E-state index in [1.54, 1.807) is 17.6 Å². The van der Waals surface area contributed by atoms with Crippen LogP contribution in [0.15, 0.2) is 52.9 Å². The zero-order valence-corrected chi connectivity index (χ0v) is 17.0. The quantitative estimate of drug-likeness (QED) is 0.410. The van der Waals surface area contributed by atoms with Crippen LogP contribution in [0.3, 0.4) is 0 Å². The normalized spacial score (nSPS) is 11.3. The van der Waals surface area contributed by atoms with Crippen LogP contribution < -0.4 is 10.2 Å². The second kappa shape index (κ2) is 8.82. The maximum absolute atomic E-state index is 5.75. The van der Waals surface area contributed by atoms with Crippen LogP contribution in [0.1, 0.15) is 30.5 Å². The van der Waals surface area contributed by atoms with Gasteiger partial charge >= 0.3 is 0 Å². The number of aryl methyl sites for hydroxylation is 2. The van der Waals surface area contributed by atoms with Gasteiger partial charge in [0.1, 0.15) is 5.75 Å². The van der Waals surface area contributed by atoms with E-state index in [-0.39, 0.29) is 0 Å². The third kappa shape index (κ3) is 5.41. The number of hydrogen-bond donors (Lipinski definition) is 1. The van der Waals surface area contributed by atoms with E-state index in [4.69, 9.17) is 4.74 Å². The minimum Gasteiger partial charge on any atom is -0.493 e. The summed E-state index contributed by atoms with van der Waals surface area (Å²) in [5.74, 6) is 1.36. The Balaban J connectivity index is 1.64. The molecule has 0 spiro atoms. The number of aromatic nitrogens is 1. The molecule has 0 radical (unpaired) electrons. The Kier molecular flexibility index (Phi) is 6.24. The maximum atomic E-state index is 5.75. The lowest BCUT2D eigenvalue weighted by atomic mass is 10.0. The molecule has 0 amide bonds. The molecular formula is C22H25N3OS. The average molecular weight is 380 g/mol. The second-order valence-corrected chi connectivity index (χ2v) is 7.86. The highest BCUT2D eigenvalue weighted by molar-refractivity contribution is 7.14. The summed E-state index contributed by atoms with van der Waals surface area (Å²) in [6, 6.07) is 14.3. The Labute approximate surface area is 164 Å². The molecule has 0 aliphatic rings. The number of benzene rings is 2. The molecule has 140 valence electrons. The summed E-state index contributed by atoms with van der Waals surface area (Å²) < 4.78 is 5.75. The molecule has 27 heavy (non-hydrogen) atoms. The molecule has 3 rings (SSSR count). The zero-order chi connectivity index (χ0) is 19.2. The lowest BCUT2D eigenvalue weighted by molar-refractivity contribution is 0.271. The van der Waals surface area contributed by atoms with Crippen LogP contribution in [-0.2, 0) is 0 Å². The lowest BCUT2D eigenvalue weighted by Gasteiger charge is -2.08. The topological polar surface area (TPSA) is 46.5 Å². The molecule has 2 aromatic carbocycles. The fourth-order valence-corrected chi connectivity index (χ4v) is 3.32. The van der Waals surface area contributed by atoms with Gasteiger partial charge in [0.25, 0.3) is 0 Å². The second-order valence-electron chi connectivity index (χ2n) is 7.00. The van der Waals surface area contributed by atoms with Crippen molar-refractivity contribution in [3.8, 4) is 17.0 Å². The van der Waals surface area contributed by atoms with E-state index in [9.17, 15) is 0 Å². The van der Waals surface area contributed by atoms with E-state index in [1.165, 1.54) is 11.1 Å². The van der Waals surface area contributed by atoms with Gasteiger partial charge < -0.3 is 4.74 Å². The summed E-state index contributed by atoms with van der Waals surface area (Å²) in [7, 11) is 0. The van der Waals surface area contributed by atoms with Crippen LogP contribution in [0, 0.1) is 19.8 Å². The summed E-state index contributed by atoms with van der Waals surface area (Å²) in [6.45, 7) is 9.19. The average Bonchev–Trinajstić information content (AvgIpc) is 3.09. The molecule has 4 nitrogen and oxygen atoms in total. The number of nitrogens with zero attached hydrogens (tertiary/aromatic N) is 2. The highest BCUT2D eigenvalue weighted by atomic mass is 32.1. The lowest BCUT2D eigenvalue weighted by Crippen LogP contribution is -2.04. The van der Waals surface area contributed by atoms with Crippen molar-refractivity contribution >= 4 is 22.7 Å². The number of thiazole rings is 1. The summed E-state index contributed by atoms with van der Waals surface area (Å²) in [4.78, 5) is 4.64. The van der Waals surface area contributed by atoms with Gasteiger partial charge in [-0.2, -0.15) is 5.10 Å². The SMILES string of the molecule is Cc1ccc(-c2csc(N/N=C\c3cccc(OCC(C)C)c3)n2)c(C)c1. The Morgan fingerprint density at radius 3 is 2.81 bits per heavy atom. The number of nitrogens with one attached hydrogen (secondary N) is 1. The van der Waals surface area contributed by atoms with Crippen molar-refractivity contribution in [3.63, 3.8) is 0 Å². The van der Waals surface area contributed by atoms with Crippen molar-refractivity contribution in [1.82, 2.24) is 4.98 Å². The van der Waals surface area contributed by atoms with Gasteiger partial charge in [-0.3, -0.25) is 5.43 Å². The van der Waals surface area contributed by atoms with E-state index in [1.807, 2.05) is 24.3 Å². The summed E-state index contributed by atoms with van der Waals surface area (Å²) in [5, 5.41) is 7.13. The van der Waals surface area contributed by atoms with E-state index in [2.05, 4.69) is 66.8 Å². The monoisotopic (exact) mass is 379 g/mol. The van der Waals surface area contributed by atoms with Gasteiger partial charge in [-0.25, -0.2) is 4.98 Å². The number of hydrazone groups is 1. The highest BCUT2D eigenvalue weighted by Gasteiger charge is 2.07. The van der Waals surface area contributed by atoms with Crippen molar-refractivity contribution in [2.24, 2.45) is 11.0 Å². The fraction of sp³-hybridized carbons (Fsp3) is 0.273. The molecule has 5 heteroatoms. The molecule has 1 heterocycles. The van der Waals surface area contributed by atoms with Gasteiger partial charge in [0, 0.05) is 10.9 Å². The van der Waals surface area contributed by atoms with E-state index >= 15 is 0 Å². The summed E-state index contributed by atoms with van der Waals surface area (Å²) in [5.41, 5.74) is 8.62. The van der Waals surface area contributed by atoms with E-state index in [0.29, 0.717) is 12.5 Å². The Morgan fingerprint density at radius 1 is 1.19 bits per heavy atom. The van der Waals surface area contributed by atoms with Gasteiger partial charge in [-0.05, 0) is 43.0 Å². The predicted molar refractivity (Wildman–Crippen MR) is 115 cm³/mol. The van der Waals surface area contributed by atoms with Crippen molar-refractivity contribution < 1.29 is 4.74 Å². The molecule has 0 fully saturated rings. The van der Waals surface area contributed by atoms with Crippen molar-refractivity contribution in [2.75, 3.05) is 12.0 Å². The molecule has 1 aromatic heterocycles. The van der Waals surface area contributed by atoms with E-state index in [0.717, 1.165) is 27.7 Å². The zero-order valence-electron chi connectivity index (χ0n) is 16.2. The van der Waals surface area contributed by atoms with Gasteiger partial charge in [0.05, 0.1) is 18.5 Å². The number of rotatable bonds is 7. The number of anilines is 1. The van der Waals surface area contributed by atoms with Gasteiger partial charge in [-0.15, -0.1) is 11.3 Å². The summed E-state index contributed by atoms with van der Waals surface area (Å²) in [6.07, 6.45) is 1.78. The maximum Gasteiger partial charge on any atom is 0.203 e. The van der Waals surface area contributed by atoms with Crippen molar-refractivity contribution in [3.05, 3.63) is 64.5 Å². The first-order valence-corrected chi connectivity index (χ1v) is 9.94. The molecule has 3 aromatic rings. The summed E-state index contributed by atoms with van der Waals surface area (Å²) >= 11 is 1.55. The van der Waals surface area contributed by atoms with Crippen LogP contribution in [0.25, 0.3) is 11.3 Å². The Morgan fingerprint density at radius 2 is 2.04 bits per heavy atom. The number of hydrogen-bond acceptors (Lipinski definition) is 5. The third-order valence-corrected chi connectivity index (χ3v) is 4.72. The van der Waals surface area contributed by atoms with Gasteiger partial charge in [0.2, 0.25) is 5.13 Å². The van der Waals surface area contributed by atoms with Gasteiger partial charge in [0.15, 0.2) is 0 Å². The first-order chi connectivity index (χ1) is 13.0. The van der Waals surface area contributed by atoms with Crippen molar-refractivity contribution in [1.29, 1.82) is 0 Å². The smallest absolute Gasteiger partial charge is 0.203 e. The fourth-order valence-electron chi connectivity index (χ4n) is 2.66. The largest absolute Gasteiger partial charge is 0.493 e. The Hall–Kier alpha value is -2.66. The number of ether oxygens (including phenoxy) is 1.